The number of ether oxygens (including phenoxy) is 2. The molecule has 2 aliphatic rings. The Morgan fingerprint density at radius 1 is 1.06 bits per heavy atom. The van der Waals surface area contributed by atoms with E-state index >= 15 is 0 Å². The van der Waals surface area contributed by atoms with Crippen molar-refractivity contribution in [1.82, 2.24) is 9.62 Å². The summed E-state index contributed by atoms with van der Waals surface area (Å²) < 4.78 is 39.0. The van der Waals surface area contributed by atoms with E-state index < -0.39 is 28.3 Å². The van der Waals surface area contributed by atoms with Gasteiger partial charge in [0, 0.05) is 31.9 Å². The van der Waals surface area contributed by atoms with Gasteiger partial charge in [-0.3, -0.25) is 4.79 Å². The first-order chi connectivity index (χ1) is 16.9. The molecule has 10 heteroatoms. The lowest BCUT2D eigenvalue weighted by Crippen LogP contribution is -2.51. The number of nitrogens with zero attached hydrogens (tertiary/aromatic N) is 2. The van der Waals surface area contributed by atoms with Crippen LogP contribution in [0.5, 0.6) is 5.75 Å². The van der Waals surface area contributed by atoms with Crippen LogP contribution in [0.15, 0.2) is 71.6 Å². The maximum absolute atomic E-state index is 12.9. The molecule has 2 aliphatic heterocycles. The van der Waals surface area contributed by atoms with Gasteiger partial charge in [-0.15, -0.1) is 0 Å². The van der Waals surface area contributed by atoms with Gasteiger partial charge in [0.05, 0.1) is 37.2 Å². The lowest BCUT2D eigenvalue weighted by atomic mass is 10.1. The van der Waals surface area contributed by atoms with Crippen molar-refractivity contribution in [1.29, 1.82) is 0 Å². The average molecular weight is 502 g/mol. The zero-order valence-electron chi connectivity index (χ0n) is 19.6. The lowest BCUT2D eigenvalue weighted by molar-refractivity contribution is -0.135. The van der Waals surface area contributed by atoms with Crippen molar-refractivity contribution in [2.75, 3.05) is 44.8 Å². The lowest BCUT2D eigenvalue weighted by Gasteiger charge is -2.37. The number of rotatable bonds is 8. The number of carbonyl (C=O) groups is 1. The van der Waals surface area contributed by atoms with E-state index in [-0.39, 0.29) is 23.8 Å². The second kappa shape index (κ2) is 11.2. The second-order valence-electron chi connectivity index (χ2n) is 8.51. The van der Waals surface area contributed by atoms with Crippen LogP contribution in [0, 0.1) is 0 Å². The van der Waals surface area contributed by atoms with Gasteiger partial charge in [-0.05, 0) is 36.4 Å². The Kier molecular flexibility index (Phi) is 8.07. The van der Waals surface area contributed by atoms with Crippen molar-refractivity contribution < 1.29 is 27.8 Å². The number of benzene rings is 2. The zero-order valence-corrected chi connectivity index (χ0v) is 20.4. The molecule has 35 heavy (non-hydrogen) atoms. The summed E-state index contributed by atoms with van der Waals surface area (Å²) in [6, 6.07) is 15.4. The van der Waals surface area contributed by atoms with Crippen LogP contribution in [-0.4, -0.2) is 82.5 Å². The Morgan fingerprint density at radius 2 is 1.74 bits per heavy atom. The molecule has 1 amide bonds. The number of sulfonamides is 1. The summed E-state index contributed by atoms with van der Waals surface area (Å²) >= 11 is 0. The van der Waals surface area contributed by atoms with E-state index in [1.807, 2.05) is 23.1 Å². The fourth-order valence-corrected chi connectivity index (χ4v) is 5.49. The summed E-state index contributed by atoms with van der Waals surface area (Å²) in [5.41, 5.74) is 1.15. The Balaban J connectivity index is 1.32. The smallest absolute Gasteiger partial charge is 0.241 e. The molecule has 0 aromatic heterocycles. The Labute approximate surface area is 206 Å². The molecule has 9 nitrogen and oxygen atoms in total. The number of nitrogens with one attached hydrogen (secondary N) is 1. The molecule has 2 heterocycles. The molecule has 0 unspecified atom stereocenters. The highest BCUT2D eigenvalue weighted by molar-refractivity contribution is 7.89. The van der Waals surface area contributed by atoms with Crippen molar-refractivity contribution in [3.63, 3.8) is 0 Å². The van der Waals surface area contributed by atoms with Crippen LogP contribution in [0.1, 0.15) is 6.42 Å². The van der Waals surface area contributed by atoms with Gasteiger partial charge >= 0.3 is 0 Å². The predicted octanol–water partition coefficient (Wildman–Crippen LogP) is 1.40. The third kappa shape index (κ3) is 6.21. The van der Waals surface area contributed by atoms with Gasteiger partial charge in [0.15, 0.2) is 0 Å². The number of piperazine rings is 1. The monoisotopic (exact) mass is 501 g/mol. The third-order valence-corrected chi connectivity index (χ3v) is 7.73. The third-order valence-electron chi connectivity index (χ3n) is 6.25. The van der Waals surface area contributed by atoms with Crippen LogP contribution >= 0.6 is 0 Å². The van der Waals surface area contributed by atoms with E-state index in [1.54, 1.807) is 24.3 Å². The molecular formula is C25H31N3O6S. The maximum Gasteiger partial charge on any atom is 0.241 e. The number of hydrogen-bond donors (Lipinski definition) is 2. The zero-order chi connectivity index (χ0) is 24.8. The number of amides is 1. The standard InChI is InChI=1S/C25H31N3O6S/c1-33-20-7-10-22(11-8-20)35(31,32)26-23-12-9-21(34-24(23)18-29)17-25(30)28-15-13-27(14-16-28)19-5-3-2-4-6-19/h2-12,21,23-24,26,29H,13-18H2,1H3/t21-,23-,24-/m0/s1. The minimum atomic E-state index is -3.84. The van der Waals surface area contributed by atoms with Gasteiger partial charge in [0.25, 0.3) is 0 Å². The largest absolute Gasteiger partial charge is 0.497 e. The van der Waals surface area contributed by atoms with E-state index in [0.29, 0.717) is 18.8 Å². The molecule has 2 N–H and O–H groups in total. The molecule has 4 rings (SSSR count). The van der Waals surface area contributed by atoms with E-state index in [2.05, 4.69) is 21.8 Å². The highest BCUT2D eigenvalue weighted by Gasteiger charge is 2.32. The van der Waals surface area contributed by atoms with Crippen LogP contribution in [0.3, 0.4) is 0 Å². The highest BCUT2D eigenvalue weighted by Crippen LogP contribution is 2.21. The van der Waals surface area contributed by atoms with Gasteiger partial charge in [0.1, 0.15) is 11.9 Å². The van der Waals surface area contributed by atoms with Gasteiger partial charge in [-0.2, -0.15) is 0 Å². The van der Waals surface area contributed by atoms with Crippen LogP contribution in [0.4, 0.5) is 5.69 Å². The molecular weight excluding hydrogens is 470 g/mol. The molecule has 0 bridgehead atoms. The number of anilines is 1. The maximum atomic E-state index is 12.9. The number of methoxy groups -OCH3 is 1. The fraction of sp³-hybridized carbons (Fsp3) is 0.400. The molecule has 0 saturated carbocycles. The first-order valence-corrected chi connectivity index (χ1v) is 13.1. The van der Waals surface area contributed by atoms with Gasteiger partial charge in [0.2, 0.25) is 15.9 Å². The Morgan fingerprint density at radius 3 is 2.37 bits per heavy atom. The van der Waals surface area contributed by atoms with Gasteiger partial charge in [-0.1, -0.05) is 30.4 Å². The highest BCUT2D eigenvalue weighted by atomic mass is 32.2. The van der Waals surface area contributed by atoms with Crippen molar-refractivity contribution in [3.8, 4) is 5.75 Å². The van der Waals surface area contributed by atoms with Crippen molar-refractivity contribution >= 4 is 21.6 Å². The quantitative estimate of drug-likeness (QED) is 0.527. The molecule has 2 aromatic carbocycles. The number of carbonyl (C=O) groups excluding carboxylic acids is 1. The minimum Gasteiger partial charge on any atom is -0.497 e. The predicted molar refractivity (Wildman–Crippen MR) is 132 cm³/mol. The summed E-state index contributed by atoms with van der Waals surface area (Å²) in [6.07, 6.45) is 2.13. The molecule has 1 fully saturated rings. The molecule has 1 saturated heterocycles. The summed E-state index contributed by atoms with van der Waals surface area (Å²) in [5.74, 6) is 0.522. The fourth-order valence-electron chi connectivity index (χ4n) is 4.27. The average Bonchev–Trinajstić information content (AvgIpc) is 2.90. The van der Waals surface area contributed by atoms with Crippen molar-refractivity contribution in [3.05, 3.63) is 66.7 Å². The number of hydrogen-bond acceptors (Lipinski definition) is 7. The van der Waals surface area contributed by atoms with Crippen LogP contribution in [0.25, 0.3) is 0 Å². The molecule has 0 spiro atoms. The van der Waals surface area contributed by atoms with E-state index in [9.17, 15) is 18.3 Å². The van der Waals surface area contributed by atoms with Crippen molar-refractivity contribution in [2.24, 2.45) is 0 Å². The normalized spacial score (nSPS) is 22.7. The van der Waals surface area contributed by atoms with Gasteiger partial charge in [-0.25, -0.2) is 13.1 Å². The Hall–Kier alpha value is -2.92. The topological polar surface area (TPSA) is 108 Å². The minimum absolute atomic E-state index is 0.0266. The Bertz CT molecular complexity index is 1120. The van der Waals surface area contributed by atoms with Crippen molar-refractivity contribution in [2.45, 2.75) is 29.6 Å². The number of para-hydroxylation sites is 1. The van der Waals surface area contributed by atoms with Gasteiger partial charge < -0.3 is 24.4 Å². The molecule has 3 atom stereocenters. The summed E-state index contributed by atoms with van der Waals surface area (Å²) in [7, 11) is -2.34. The summed E-state index contributed by atoms with van der Waals surface area (Å²) in [5, 5.41) is 9.82. The van der Waals surface area contributed by atoms with Crippen LogP contribution in [0.2, 0.25) is 0 Å². The number of aliphatic hydroxyl groups excluding tert-OH is 1. The first kappa shape index (κ1) is 25.2. The summed E-state index contributed by atoms with van der Waals surface area (Å²) in [4.78, 5) is 17.0. The molecule has 0 radical (unpaired) electrons. The molecule has 188 valence electrons. The molecule has 2 aromatic rings. The van der Waals surface area contributed by atoms with E-state index in [4.69, 9.17) is 9.47 Å². The molecule has 0 aliphatic carbocycles. The van der Waals surface area contributed by atoms with Crippen LogP contribution < -0.4 is 14.4 Å². The number of aliphatic hydroxyl groups is 1. The van der Waals surface area contributed by atoms with E-state index in [0.717, 1.165) is 18.8 Å². The summed E-state index contributed by atoms with van der Waals surface area (Å²) in [6.45, 7) is 2.37. The first-order valence-electron chi connectivity index (χ1n) is 11.6. The SMILES string of the molecule is COc1ccc(S(=O)(=O)N[C@H]2C=C[C@@H](CC(=O)N3CCN(c4ccccc4)CC3)O[C@H]2CO)cc1. The van der Waals surface area contributed by atoms with E-state index in [1.165, 1.54) is 19.2 Å². The van der Waals surface area contributed by atoms with Crippen LogP contribution in [-0.2, 0) is 19.6 Å². The second-order valence-corrected chi connectivity index (χ2v) is 10.2.